The van der Waals surface area contributed by atoms with Gasteiger partial charge in [-0.1, -0.05) is 25.1 Å². The molecule has 2 unspecified atom stereocenters. The molecule has 1 aliphatic carbocycles. The average Bonchev–Trinajstić information content (AvgIpc) is 2.72. The van der Waals surface area contributed by atoms with E-state index in [1.165, 1.54) is 36.8 Å². The van der Waals surface area contributed by atoms with Gasteiger partial charge in [0.05, 0.1) is 6.61 Å². The summed E-state index contributed by atoms with van der Waals surface area (Å²) in [5.41, 5.74) is 4.42. The largest absolute Gasteiger partial charge is 0.392 e. The molecular formula is C15H21NO. The molecule has 1 saturated heterocycles. The fourth-order valence-electron chi connectivity index (χ4n) is 3.74. The molecule has 1 aliphatic heterocycles. The van der Waals surface area contributed by atoms with Crippen molar-refractivity contribution in [3.63, 3.8) is 0 Å². The maximum absolute atomic E-state index is 9.27. The first-order chi connectivity index (χ1) is 8.29. The first-order valence-corrected chi connectivity index (χ1v) is 6.75. The molecule has 0 saturated carbocycles. The molecule has 1 aromatic rings. The minimum Gasteiger partial charge on any atom is -0.392 e. The molecule has 92 valence electrons. The van der Waals surface area contributed by atoms with Crippen LogP contribution in [0.25, 0.3) is 0 Å². The van der Waals surface area contributed by atoms with Crippen molar-refractivity contribution in [3.8, 4) is 0 Å². The molecular weight excluding hydrogens is 210 g/mol. The van der Waals surface area contributed by atoms with Crippen molar-refractivity contribution in [1.29, 1.82) is 0 Å². The number of aliphatic hydroxyl groups is 1. The van der Waals surface area contributed by atoms with E-state index in [4.69, 9.17) is 0 Å². The van der Waals surface area contributed by atoms with Gasteiger partial charge in [-0.05, 0) is 54.3 Å². The SMILES string of the molecule is CCC12CCCNC1c1cc(CO)ccc1C2. The lowest BCUT2D eigenvalue weighted by Crippen LogP contribution is -2.40. The monoisotopic (exact) mass is 231 g/mol. The second-order valence-corrected chi connectivity index (χ2v) is 5.57. The van der Waals surface area contributed by atoms with Gasteiger partial charge < -0.3 is 10.4 Å². The molecule has 2 heteroatoms. The lowest BCUT2D eigenvalue weighted by molar-refractivity contribution is 0.146. The second kappa shape index (κ2) is 4.11. The molecule has 0 spiro atoms. The summed E-state index contributed by atoms with van der Waals surface area (Å²) in [7, 11) is 0. The summed E-state index contributed by atoms with van der Waals surface area (Å²) >= 11 is 0. The van der Waals surface area contributed by atoms with E-state index in [-0.39, 0.29) is 6.61 Å². The van der Waals surface area contributed by atoms with Crippen molar-refractivity contribution in [2.45, 2.75) is 45.3 Å². The minimum atomic E-state index is 0.152. The van der Waals surface area contributed by atoms with Crippen LogP contribution in [-0.2, 0) is 13.0 Å². The highest BCUT2D eigenvalue weighted by atomic mass is 16.3. The maximum atomic E-state index is 9.27. The molecule has 2 atom stereocenters. The Morgan fingerprint density at radius 1 is 1.47 bits per heavy atom. The third kappa shape index (κ3) is 1.62. The van der Waals surface area contributed by atoms with E-state index in [9.17, 15) is 5.11 Å². The highest BCUT2D eigenvalue weighted by molar-refractivity contribution is 5.41. The highest BCUT2D eigenvalue weighted by Gasteiger charge is 2.45. The third-order valence-corrected chi connectivity index (χ3v) is 4.76. The number of benzene rings is 1. The van der Waals surface area contributed by atoms with Crippen LogP contribution >= 0.6 is 0 Å². The maximum Gasteiger partial charge on any atom is 0.0681 e. The van der Waals surface area contributed by atoms with Gasteiger partial charge in [-0.2, -0.15) is 0 Å². The molecule has 2 N–H and O–H groups in total. The zero-order chi connectivity index (χ0) is 11.9. The van der Waals surface area contributed by atoms with Gasteiger partial charge in [0.1, 0.15) is 0 Å². The van der Waals surface area contributed by atoms with Crippen LogP contribution in [0, 0.1) is 5.41 Å². The molecule has 0 amide bonds. The van der Waals surface area contributed by atoms with Gasteiger partial charge in [0.2, 0.25) is 0 Å². The molecule has 2 aliphatic rings. The van der Waals surface area contributed by atoms with Gasteiger partial charge in [-0.15, -0.1) is 0 Å². The van der Waals surface area contributed by atoms with Crippen molar-refractivity contribution in [3.05, 3.63) is 34.9 Å². The molecule has 1 heterocycles. The summed E-state index contributed by atoms with van der Waals surface area (Å²) < 4.78 is 0. The fraction of sp³-hybridized carbons (Fsp3) is 0.600. The Morgan fingerprint density at radius 2 is 2.35 bits per heavy atom. The molecule has 2 nitrogen and oxygen atoms in total. The number of aliphatic hydroxyl groups excluding tert-OH is 1. The predicted molar refractivity (Wildman–Crippen MR) is 68.8 cm³/mol. The van der Waals surface area contributed by atoms with Crippen LogP contribution in [0.5, 0.6) is 0 Å². The lowest BCUT2D eigenvalue weighted by Gasteiger charge is -2.40. The van der Waals surface area contributed by atoms with E-state index in [0.717, 1.165) is 12.1 Å². The quantitative estimate of drug-likeness (QED) is 0.820. The number of rotatable bonds is 2. The molecule has 0 bridgehead atoms. The zero-order valence-electron chi connectivity index (χ0n) is 10.5. The molecule has 1 aromatic carbocycles. The Labute approximate surface area is 103 Å². The first-order valence-electron chi connectivity index (χ1n) is 6.75. The number of hydrogen-bond donors (Lipinski definition) is 2. The van der Waals surface area contributed by atoms with Crippen molar-refractivity contribution < 1.29 is 5.11 Å². The van der Waals surface area contributed by atoms with Gasteiger partial charge in [0.25, 0.3) is 0 Å². The standard InChI is InChI=1S/C15H21NO/c1-2-15-6-3-7-16-14(15)13-8-11(10-17)4-5-12(13)9-15/h4-5,8,14,16-17H,2-3,6-7,9-10H2,1H3. The van der Waals surface area contributed by atoms with Crippen molar-refractivity contribution in [1.82, 2.24) is 5.32 Å². The van der Waals surface area contributed by atoms with Gasteiger partial charge in [0.15, 0.2) is 0 Å². The van der Waals surface area contributed by atoms with Crippen LogP contribution in [0.3, 0.4) is 0 Å². The van der Waals surface area contributed by atoms with Gasteiger partial charge >= 0.3 is 0 Å². The smallest absolute Gasteiger partial charge is 0.0681 e. The van der Waals surface area contributed by atoms with Gasteiger partial charge in [-0.25, -0.2) is 0 Å². The summed E-state index contributed by atoms with van der Waals surface area (Å²) in [6.07, 6.45) is 5.09. The van der Waals surface area contributed by atoms with Crippen LogP contribution in [0.2, 0.25) is 0 Å². The zero-order valence-corrected chi connectivity index (χ0v) is 10.5. The first kappa shape index (κ1) is 11.2. The Hall–Kier alpha value is -0.860. The van der Waals surface area contributed by atoms with Gasteiger partial charge in [-0.3, -0.25) is 0 Å². The number of nitrogens with one attached hydrogen (secondary N) is 1. The van der Waals surface area contributed by atoms with Crippen LogP contribution in [-0.4, -0.2) is 11.7 Å². The van der Waals surface area contributed by atoms with E-state index in [1.807, 2.05) is 0 Å². The Bertz CT molecular complexity index is 429. The highest BCUT2D eigenvalue weighted by Crippen LogP contribution is 2.52. The summed E-state index contributed by atoms with van der Waals surface area (Å²) in [4.78, 5) is 0. The number of fused-ring (bicyclic) bond motifs is 3. The second-order valence-electron chi connectivity index (χ2n) is 5.57. The van der Waals surface area contributed by atoms with E-state index in [2.05, 4.69) is 30.4 Å². The minimum absolute atomic E-state index is 0.152. The van der Waals surface area contributed by atoms with Crippen LogP contribution in [0.4, 0.5) is 0 Å². The van der Waals surface area contributed by atoms with Gasteiger partial charge in [0, 0.05) is 6.04 Å². The van der Waals surface area contributed by atoms with E-state index < -0.39 is 0 Å². The van der Waals surface area contributed by atoms with Crippen molar-refractivity contribution in [2.75, 3.05) is 6.54 Å². The molecule has 3 rings (SSSR count). The summed E-state index contributed by atoms with van der Waals surface area (Å²) in [6, 6.07) is 7.01. The predicted octanol–water partition coefficient (Wildman–Crippen LogP) is 2.56. The molecule has 0 radical (unpaired) electrons. The summed E-state index contributed by atoms with van der Waals surface area (Å²) in [5.74, 6) is 0. The number of piperidine rings is 1. The normalized spacial score (nSPS) is 31.1. The molecule has 1 fully saturated rings. The van der Waals surface area contributed by atoms with E-state index >= 15 is 0 Å². The van der Waals surface area contributed by atoms with E-state index in [0.29, 0.717) is 11.5 Å². The third-order valence-electron chi connectivity index (χ3n) is 4.76. The van der Waals surface area contributed by atoms with Crippen LogP contribution < -0.4 is 5.32 Å². The molecule has 0 aromatic heterocycles. The number of hydrogen-bond acceptors (Lipinski definition) is 2. The van der Waals surface area contributed by atoms with Crippen LogP contribution in [0.15, 0.2) is 18.2 Å². The summed E-state index contributed by atoms with van der Waals surface area (Å²) in [6.45, 7) is 3.60. The fourth-order valence-corrected chi connectivity index (χ4v) is 3.74. The van der Waals surface area contributed by atoms with E-state index in [1.54, 1.807) is 0 Å². The van der Waals surface area contributed by atoms with Crippen LogP contribution in [0.1, 0.15) is 48.9 Å². The lowest BCUT2D eigenvalue weighted by atomic mass is 9.72. The topological polar surface area (TPSA) is 32.3 Å². The Morgan fingerprint density at radius 3 is 3.12 bits per heavy atom. The Kier molecular flexibility index (Phi) is 2.72. The summed E-state index contributed by atoms with van der Waals surface area (Å²) in [5, 5.41) is 13.0. The molecule has 17 heavy (non-hydrogen) atoms. The van der Waals surface area contributed by atoms with Crippen molar-refractivity contribution >= 4 is 0 Å². The van der Waals surface area contributed by atoms with Crippen molar-refractivity contribution in [2.24, 2.45) is 5.41 Å². The average molecular weight is 231 g/mol. The Balaban J connectivity index is 2.03.